The Morgan fingerprint density at radius 3 is 2.65 bits per heavy atom. The molecule has 6 rings (SSSR count). The molecule has 2 aromatic carbocycles. The lowest BCUT2D eigenvalue weighted by molar-refractivity contribution is -0.138. The van der Waals surface area contributed by atoms with E-state index in [4.69, 9.17) is 5.73 Å². The van der Waals surface area contributed by atoms with Gasteiger partial charge in [-0.1, -0.05) is 25.1 Å². The van der Waals surface area contributed by atoms with Gasteiger partial charge in [-0.15, -0.1) is 11.3 Å². The van der Waals surface area contributed by atoms with Crippen LogP contribution in [0.5, 0.6) is 0 Å². The minimum atomic E-state index is -4.51. The molecule has 5 aromatic rings. The lowest BCUT2D eigenvalue weighted by atomic mass is 10.0. The number of rotatable bonds is 7. The number of nitrogens with one attached hydrogen (secondary N) is 2. The number of alkyl halides is 3. The summed E-state index contributed by atoms with van der Waals surface area (Å²) in [5.41, 5.74) is 7.96. The number of nitrogen functional groups attached to an aromatic ring is 1. The maximum atomic E-state index is 14.2. The molecule has 0 spiro atoms. The van der Waals surface area contributed by atoms with Gasteiger partial charge in [-0.25, -0.2) is 15.0 Å². The Kier molecular flexibility index (Phi) is 7.63. The SMILES string of the molecule is CCN1CCN(Cc2ccc(Nc3nccc4c(NC(=O)c5csc6c(N)ncnc56)c(C)ccc34)cc2C(F)(F)F)C1. The first-order valence-corrected chi connectivity index (χ1v) is 14.6. The number of fused-ring (bicyclic) bond motifs is 2. The van der Waals surface area contributed by atoms with Gasteiger partial charge >= 0.3 is 6.18 Å². The molecule has 0 aliphatic carbocycles. The van der Waals surface area contributed by atoms with Crippen LogP contribution in [0.2, 0.25) is 0 Å². The van der Waals surface area contributed by atoms with Gasteiger partial charge in [0, 0.05) is 47.7 Å². The van der Waals surface area contributed by atoms with Gasteiger partial charge in [0.05, 0.1) is 33.7 Å². The summed E-state index contributed by atoms with van der Waals surface area (Å²) in [6, 6.07) is 9.73. The van der Waals surface area contributed by atoms with Gasteiger partial charge in [-0.05, 0) is 42.8 Å². The van der Waals surface area contributed by atoms with Crippen molar-refractivity contribution in [2.45, 2.75) is 26.6 Å². The molecule has 9 nitrogen and oxygen atoms in total. The third kappa shape index (κ3) is 5.70. The van der Waals surface area contributed by atoms with Crippen LogP contribution in [-0.4, -0.2) is 57.0 Å². The first-order valence-electron chi connectivity index (χ1n) is 13.7. The minimum absolute atomic E-state index is 0.221. The number of carbonyl (C=O) groups excluding carboxylic acids is 1. The molecule has 1 aliphatic heterocycles. The molecule has 1 fully saturated rings. The zero-order valence-electron chi connectivity index (χ0n) is 23.5. The van der Waals surface area contributed by atoms with Crippen LogP contribution in [0.3, 0.4) is 0 Å². The number of pyridine rings is 1. The van der Waals surface area contributed by atoms with Crippen molar-refractivity contribution >= 4 is 61.2 Å². The van der Waals surface area contributed by atoms with Gasteiger partial charge in [0.25, 0.3) is 5.91 Å². The van der Waals surface area contributed by atoms with Gasteiger partial charge in [0.1, 0.15) is 18.0 Å². The molecule has 0 saturated carbocycles. The maximum Gasteiger partial charge on any atom is 0.416 e. The quantitative estimate of drug-likeness (QED) is 0.200. The second-order valence-electron chi connectivity index (χ2n) is 10.5. The fraction of sp³-hybridized carbons (Fsp3) is 0.267. The maximum absolute atomic E-state index is 14.2. The molecule has 0 radical (unpaired) electrons. The summed E-state index contributed by atoms with van der Waals surface area (Å²) < 4.78 is 43.1. The highest BCUT2D eigenvalue weighted by atomic mass is 32.1. The lowest BCUT2D eigenvalue weighted by Crippen LogP contribution is -2.26. The summed E-state index contributed by atoms with van der Waals surface area (Å²) in [4.78, 5) is 30.2. The van der Waals surface area contributed by atoms with Crippen LogP contribution in [0, 0.1) is 6.92 Å². The van der Waals surface area contributed by atoms with Crippen molar-refractivity contribution in [1.29, 1.82) is 0 Å². The van der Waals surface area contributed by atoms with E-state index in [1.54, 1.807) is 23.7 Å². The van der Waals surface area contributed by atoms with Crippen LogP contribution < -0.4 is 16.4 Å². The molecule has 0 atom stereocenters. The number of carbonyl (C=O) groups is 1. The number of likely N-dealkylation sites (N-methyl/N-ethyl adjacent to an activating group) is 1. The van der Waals surface area contributed by atoms with Crippen LogP contribution >= 0.6 is 11.3 Å². The smallest absolute Gasteiger partial charge is 0.382 e. The zero-order valence-corrected chi connectivity index (χ0v) is 24.3. The van der Waals surface area contributed by atoms with Crippen molar-refractivity contribution in [2.75, 3.05) is 42.7 Å². The molecular weight excluding hydrogens is 577 g/mol. The molecule has 1 saturated heterocycles. The summed E-state index contributed by atoms with van der Waals surface area (Å²) in [7, 11) is 0. The molecule has 4 heterocycles. The highest BCUT2D eigenvalue weighted by Crippen LogP contribution is 2.37. The summed E-state index contributed by atoms with van der Waals surface area (Å²) in [6.07, 6.45) is -1.64. The van der Waals surface area contributed by atoms with Crippen LogP contribution in [0.15, 0.2) is 54.3 Å². The summed E-state index contributed by atoms with van der Waals surface area (Å²) in [5, 5.41) is 9.08. The average molecular weight is 607 g/mol. The number of benzene rings is 2. The molecule has 0 unspecified atom stereocenters. The molecule has 3 aromatic heterocycles. The van der Waals surface area contributed by atoms with E-state index in [9.17, 15) is 18.0 Å². The Hall–Kier alpha value is -4.33. The van der Waals surface area contributed by atoms with Crippen LogP contribution in [-0.2, 0) is 12.7 Å². The third-order valence-corrected chi connectivity index (χ3v) is 8.66. The van der Waals surface area contributed by atoms with Gasteiger partial charge in [0.15, 0.2) is 0 Å². The Labute approximate surface area is 249 Å². The lowest BCUT2D eigenvalue weighted by Gasteiger charge is -2.21. The number of anilines is 4. The summed E-state index contributed by atoms with van der Waals surface area (Å²) in [5.74, 6) is 0.309. The van der Waals surface area contributed by atoms with Crippen molar-refractivity contribution in [2.24, 2.45) is 0 Å². The summed E-state index contributed by atoms with van der Waals surface area (Å²) in [6.45, 7) is 7.22. The van der Waals surface area contributed by atoms with Crippen molar-refractivity contribution in [3.05, 3.63) is 76.6 Å². The predicted molar refractivity (Wildman–Crippen MR) is 164 cm³/mol. The van der Waals surface area contributed by atoms with E-state index in [0.717, 1.165) is 31.3 Å². The highest BCUT2D eigenvalue weighted by molar-refractivity contribution is 7.18. The standard InChI is InChI=1S/C30H29F3N8OS/c1-3-40-10-11-41(16-40)13-18-5-6-19(12-23(18)30(31,32)33)38-28-21-7-4-17(2)24(20(21)8-9-35-28)39-29(42)22-14-43-26-25(22)36-15-37-27(26)34/h4-9,12,14-15H,3,10-11,13,16H2,1-2H3,(H,35,38)(H,39,42)(H2,34,36,37). The van der Waals surface area contributed by atoms with Crippen molar-refractivity contribution in [1.82, 2.24) is 24.8 Å². The first-order chi connectivity index (χ1) is 20.6. The van der Waals surface area contributed by atoms with E-state index in [1.165, 1.54) is 23.7 Å². The molecule has 43 heavy (non-hydrogen) atoms. The highest BCUT2D eigenvalue weighted by Gasteiger charge is 2.34. The average Bonchev–Trinajstić information content (AvgIpc) is 3.63. The topological polar surface area (TPSA) is 112 Å². The Balaban J connectivity index is 1.30. The van der Waals surface area contributed by atoms with Gasteiger partial charge < -0.3 is 16.4 Å². The summed E-state index contributed by atoms with van der Waals surface area (Å²) >= 11 is 1.29. The third-order valence-electron chi connectivity index (χ3n) is 7.67. The van der Waals surface area contributed by atoms with Crippen molar-refractivity contribution in [3.63, 3.8) is 0 Å². The molecule has 1 aliphatic rings. The fourth-order valence-electron chi connectivity index (χ4n) is 5.37. The number of hydrogen-bond donors (Lipinski definition) is 3. The number of halogens is 3. The number of aromatic nitrogens is 3. The van der Waals surface area contributed by atoms with Gasteiger partial charge in [0.2, 0.25) is 0 Å². The molecule has 1 amide bonds. The van der Waals surface area contributed by atoms with Crippen LogP contribution in [0.1, 0.15) is 34.0 Å². The number of amides is 1. The van der Waals surface area contributed by atoms with E-state index in [2.05, 4.69) is 30.5 Å². The van der Waals surface area contributed by atoms with Crippen molar-refractivity contribution < 1.29 is 18.0 Å². The van der Waals surface area contributed by atoms with E-state index in [0.29, 0.717) is 50.5 Å². The fourth-order valence-corrected chi connectivity index (χ4v) is 6.27. The zero-order chi connectivity index (χ0) is 30.3. The van der Waals surface area contributed by atoms with E-state index in [-0.39, 0.29) is 23.7 Å². The molecule has 222 valence electrons. The Bertz CT molecular complexity index is 1840. The van der Waals surface area contributed by atoms with E-state index < -0.39 is 11.7 Å². The number of thiophene rings is 1. The largest absolute Gasteiger partial charge is 0.416 e. The van der Waals surface area contributed by atoms with Crippen LogP contribution in [0.25, 0.3) is 21.0 Å². The second-order valence-corrected chi connectivity index (χ2v) is 11.3. The second kappa shape index (κ2) is 11.4. The molecule has 13 heteroatoms. The molecule has 4 N–H and O–H groups in total. The number of nitrogens with two attached hydrogens (primary N) is 1. The number of hydrogen-bond acceptors (Lipinski definition) is 9. The normalized spacial score (nSPS) is 14.5. The van der Waals surface area contributed by atoms with E-state index in [1.807, 2.05) is 30.9 Å². The van der Waals surface area contributed by atoms with E-state index >= 15 is 0 Å². The van der Waals surface area contributed by atoms with Crippen molar-refractivity contribution in [3.8, 4) is 0 Å². The minimum Gasteiger partial charge on any atom is -0.382 e. The van der Waals surface area contributed by atoms with Gasteiger partial charge in [-0.2, -0.15) is 13.2 Å². The Morgan fingerprint density at radius 2 is 1.88 bits per heavy atom. The predicted octanol–water partition coefficient (Wildman–Crippen LogP) is 6.24. The molecule has 0 bridgehead atoms. The van der Waals surface area contributed by atoms with Gasteiger partial charge in [-0.3, -0.25) is 14.6 Å². The number of nitrogens with zero attached hydrogens (tertiary/aromatic N) is 5. The number of aryl methyl sites for hydroxylation is 1. The first kappa shape index (κ1) is 28.8. The monoisotopic (exact) mass is 606 g/mol. The molecular formula is C30H29F3N8OS. The Morgan fingerprint density at radius 1 is 1.07 bits per heavy atom. The van der Waals surface area contributed by atoms with Crippen LogP contribution in [0.4, 0.5) is 36.2 Å².